The van der Waals surface area contributed by atoms with Crippen molar-refractivity contribution in [3.8, 4) is 0 Å². The van der Waals surface area contributed by atoms with Crippen molar-refractivity contribution in [1.29, 1.82) is 0 Å². The number of piperidine rings is 1. The van der Waals surface area contributed by atoms with Gasteiger partial charge in [-0.15, -0.1) is 0 Å². The Kier molecular flexibility index (Phi) is 3.29. The quantitative estimate of drug-likeness (QED) is 0.774. The minimum Gasteiger partial charge on any atom is -0.481 e. The monoisotopic (exact) mass is 211 g/mol. The molecule has 2 rings (SSSR count). The molecule has 15 heavy (non-hydrogen) atoms. The predicted octanol–water partition coefficient (Wildman–Crippen LogP) is 2.11. The average Bonchev–Trinajstić information content (AvgIpc) is 2.99. The predicted molar refractivity (Wildman–Crippen MR) is 58.8 cm³/mol. The first-order valence-electron chi connectivity index (χ1n) is 6.20. The summed E-state index contributed by atoms with van der Waals surface area (Å²) in [6.45, 7) is 3.39. The number of rotatable bonds is 4. The molecule has 2 fully saturated rings. The highest BCUT2D eigenvalue weighted by atomic mass is 16.4. The van der Waals surface area contributed by atoms with Gasteiger partial charge in [0.2, 0.25) is 0 Å². The molecule has 86 valence electrons. The van der Waals surface area contributed by atoms with Gasteiger partial charge >= 0.3 is 5.97 Å². The van der Waals surface area contributed by atoms with E-state index in [4.69, 9.17) is 5.11 Å². The minimum absolute atomic E-state index is 0.363. The molecule has 1 saturated carbocycles. The molecule has 1 saturated heterocycles. The Morgan fingerprint density at radius 2 is 2.13 bits per heavy atom. The molecule has 0 radical (unpaired) electrons. The van der Waals surface area contributed by atoms with Gasteiger partial charge in [0.1, 0.15) is 0 Å². The minimum atomic E-state index is -0.629. The lowest BCUT2D eigenvalue weighted by Crippen LogP contribution is -2.46. The molecule has 2 atom stereocenters. The van der Waals surface area contributed by atoms with E-state index in [1.165, 1.54) is 25.8 Å². The van der Waals surface area contributed by atoms with Crippen molar-refractivity contribution in [2.75, 3.05) is 6.54 Å². The van der Waals surface area contributed by atoms with Gasteiger partial charge in [0.15, 0.2) is 0 Å². The first-order valence-corrected chi connectivity index (χ1v) is 6.20. The number of hydrogen-bond donors (Lipinski definition) is 1. The molecule has 1 N–H and O–H groups in total. The van der Waals surface area contributed by atoms with Crippen LogP contribution in [0.4, 0.5) is 0 Å². The smallest absolute Gasteiger partial charge is 0.303 e. The summed E-state index contributed by atoms with van der Waals surface area (Å²) in [4.78, 5) is 13.4. The van der Waals surface area contributed by atoms with Crippen LogP contribution in [0.1, 0.15) is 45.4 Å². The van der Waals surface area contributed by atoms with Gasteiger partial charge in [-0.2, -0.15) is 0 Å². The Balaban J connectivity index is 1.99. The van der Waals surface area contributed by atoms with E-state index >= 15 is 0 Å². The standard InChI is InChI=1S/C12H21NO2/c1-2-11-9(8-12(14)15)4-3-7-13(11)10-5-6-10/h9-11H,2-8H2,1H3,(H,14,15). The van der Waals surface area contributed by atoms with Crippen LogP contribution in [-0.2, 0) is 4.79 Å². The summed E-state index contributed by atoms with van der Waals surface area (Å²) in [5.74, 6) is -0.238. The molecule has 0 spiro atoms. The second kappa shape index (κ2) is 4.52. The lowest BCUT2D eigenvalue weighted by molar-refractivity contribution is -0.139. The molecule has 1 aliphatic carbocycles. The summed E-state index contributed by atoms with van der Waals surface area (Å²) in [5.41, 5.74) is 0. The third-order valence-electron chi connectivity index (χ3n) is 3.83. The number of nitrogens with zero attached hydrogens (tertiary/aromatic N) is 1. The third-order valence-corrected chi connectivity index (χ3v) is 3.83. The van der Waals surface area contributed by atoms with E-state index in [1.807, 2.05) is 0 Å². The van der Waals surface area contributed by atoms with Crippen LogP contribution in [-0.4, -0.2) is 34.6 Å². The van der Waals surface area contributed by atoms with E-state index < -0.39 is 5.97 Å². The van der Waals surface area contributed by atoms with E-state index in [9.17, 15) is 4.79 Å². The van der Waals surface area contributed by atoms with Crippen molar-refractivity contribution in [2.24, 2.45) is 5.92 Å². The van der Waals surface area contributed by atoms with E-state index in [2.05, 4.69) is 11.8 Å². The maximum atomic E-state index is 10.8. The largest absolute Gasteiger partial charge is 0.481 e. The summed E-state index contributed by atoms with van der Waals surface area (Å²) in [6, 6.07) is 1.31. The molecular weight excluding hydrogens is 190 g/mol. The average molecular weight is 211 g/mol. The van der Waals surface area contributed by atoms with Crippen LogP contribution in [0.25, 0.3) is 0 Å². The van der Waals surface area contributed by atoms with Crippen LogP contribution in [0, 0.1) is 5.92 Å². The fourth-order valence-corrected chi connectivity index (χ4v) is 3.05. The lowest BCUT2D eigenvalue weighted by atomic mass is 9.85. The molecule has 2 aliphatic rings. The first kappa shape index (κ1) is 10.9. The summed E-state index contributed by atoms with van der Waals surface area (Å²) in [5, 5.41) is 8.90. The second-order valence-corrected chi connectivity index (χ2v) is 4.94. The van der Waals surface area contributed by atoms with Gasteiger partial charge in [0, 0.05) is 18.5 Å². The Bertz CT molecular complexity index is 238. The van der Waals surface area contributed by atoms with Crippen molar-refractivity contribution in [3.63, 3.8) is 0 Å². The molecule has 0 bridgehead atoms. The Labute approximate surface area is 91.5 Å². The fraction of sp³-hybridized carbons (Fsp3) is 0.917. The van der Waals surface area contributed by atoms with Crippen LogP contribution >= 0.6 is 0 Å². The highest BCUT2D eigenvalue weighted by Crippen LogP contribution is 2.37. The van der Waals surface area contributed by atoms with Gasteiger partial charge < -0.3 is 5.11 Å². The van der Waals surface area contributed by atoms with E-state index in [-0.39, 0.29) is 0 Å². The topological polar surface area (TPSA) is 40.5 Å². The van der Waals surface area contributed by atoms with Crippen molar-refractivity contribution in [3.05, 3.63) is 0 Å². The molecule has 0 aromatic carbocycles. The summed E-state index contributed by atoms with van der Waals surface area (Å²) < 4.78 is 0. The van der Waals surface area contributed by atoms with Crippen molar-refractivity contribution in [2.45, 2.75) is 57.5 Å². The van der Waals surface area contributed by atoms with Crippen LogP contribution < -0.4 is 0 Å². The molecule has 0 aromatic rings. The maximum Gasteiger partial charge on any atom is 0.303 e. The second-order valence-electron chi connectivity index (χ2n) is 4.94. The number of carbonyl (C=O) groups is 1. The zero-order chi connectivity index (χ0) is 10.8. The normalized spacial score (nSPS) is 32.9. The highest BCUT2D eigenvalue weighted by Gasteiger charge is 2.39. The molecule has 3 heteroatoms. The molecule has 0 aromatic heterocycles. The Hall–Kier alpha value is -0.570. The number of aliphatic carboxylic acids is 1. The Morgan fingerprint density at radius 1 is 1.40 bits per heavy atom. The zero-order valence-corrected chi connectivity index (χ0v) is 9.48. The van der Waals surface area contributed by atoms with Crippen LogP contribution in [0.2, 0.25) is 0 Å². The summed E-state index contributed by atoms with van der Waals surface area (Å²) in [7, 11) is 0. The molecule has 1 heterocycles. The molecule has 2 unspecified atom stereocenters. The zero-order valence-electron chi connectivity index (χ0n) is 9.48. The van der Waals surface area contributed by atoms with Gasteiger partial charge in [-0.3, -0.25) is 9.69 Å². The molecule has 0 amide bonds. The van der Waals surface area contributed by atoms with Crippen LogP contribution in [0.15, 0.2) is 0 Å². The van der Waals surface area contributed by atoms with Gasteiger partial charge in [0.25, 0.3) is 0 Å². The van der Waals surface area contributed by atoms with Gasteiger partial charge in [-0.05, 0) is 44.6 Å². The lowest BCUT2D eigenvalue weighted by Gasteiger charge is -2.41. The highest BCUT2D eigenvalue weighted by molar-refractivity contribution is 5.67. The first-order chi connectivity index (χ1) is 7.22. The Morgan fingerprint density at radius 3 is 2.67 bits per heavy atom. The van der Waals surface area contributed by atoms with Gasteiger partial charge in [-0.1, -0.05) is 6.92 Å². The fourth-order valence-electron chi connectivity index (χ4n) is 3.05. The number of carboxylic acids is 1. The molecule has 1 aliphatic heterocycles. The van der Waals surface area contributed by atoms with Gasteiger partial charge in [0.05, 0.1) is 0 Å². The third kappa shape index (κ3) is 2.51. The van der Waals surface area contributed by atoms with Crippen molar-refractivity contribution >= 4 is 5.97 Å². The summed E-state index contributed by atoms with van der Waals surface area (Å²) in [6.07, 6.45) is 6.42. The maximum absolute atomic E-state index is 10.8. The van der Waals surface area contributed by atoms with Crippen molar-refractivity contribution < 1.29 is 9.90 Å². The number of carboxylic acid groups (broad SMARTS) is 1. The number of likely N-dealkylation sites (tertiary alicyclic amines) is 1. The van der Waals surface area contributed by atoms with Gasteiger partial charge in [-0.25, -0.2) is 0 Å². The van der Waals surface area contributed by atoms with Crippen LogP contribution in [0.3, 0.4) is 0 Å². The van der Waals surface area contributed by atoms with E-state index in [1.54, 1.807) is 0 Å². The van der Waals surface area contributed by atoms with Crippen LogP contribution in [0.5, 0.6) is 0 Å². The molecular formula is C12H21NO2. The number of hydrogen-bond acceptors (Lipinski definition) is 2. The van der Waals surface area contributed by atoms with E-state index in [0.29, 0.717) is 18.4 Å². The SMILES string of the molecule is CCC1C(CC(=O)O)CCCN1C1CC1. The molecule has 3 nitrogen and oxygen atoms in total. The summed E-state index contributed by atoms with van der Waals surface area (Å²) >= 11 is 0. The van der Waals surface area contributed by atoms with Crippen molar-refractivity contribution in [1.82, 2.24) is 4.90 Å². The van der Waals surface area contributed by atoms with E-state index in [0.717, 1.165) is 18.9 Å².